The highest BCUT2D eigenvalue weighted by molar-refractivity contribution is 7.10. The molecule has 0 radical (unpaired) electrons. The number of hydrogen-bond donors (Lipinski definition) is 1. The number of amides is 1. The van der Waals surface area contributed by atoms with Gasteiger partial charge in [-0.15, -0.1) is 11.3 Å². The fourth-order valence-corrected chi connectivity index (χ4v) is 3.63. The molecule has 0 bridgehead atoms. The van der Waals surface area contributed by atoms with E-state index in [4.69, 9.17) is 4.74 Å². The molecule has 1 N–H and O–H groups in total. The molecule has 0 aliphatic carbocycles. The van der Waals surface area contributed by atoms with Crippen molar-refractivity contribution in [3.63, 3.8) is 0 Å². The van der Waals surface area contributed by atoms with Crippen LogP contribution in [0.25, 0.3) is 11.1 Å². The van der Waals surface area contributed by atoms with Crippen molar-refractivity contribution in [2.24, 2.45) is 0 Å². The van der Waals surface area contributed by atoms with E-state index in [-0.39, 0.29) is 5.91 Å². The van der Waals surface area contributed by atoms with Crippen LogP contribution in [-0.4, -0.2) is 12.0 Å². The second kappa shape index (κ2) is 7.44. The lowest BCUT2D eigenvalue weighted by Gasteiger charge is -2.14. The molecular weight excluding hydrogens is 326 g/mol. The molecule has 2 aromatic heterocycles. The minimum atomic E-state index is -0.520. The Morgan fingerprint density at radius 1 is 1.17 bits per heavy atom. The van der Waals surface area contributed by atoms with Crippen LogP contribution in [0.1, 0.15) is 11.8 Å². The van der Waals surface area contributed by atoms with Gasteiger partial charge in [-0.1, -0.05) is 18.2 Å². The van der Waals surface area contributed by atoms with E-state index in [2.05, 4.69) is 33.6 Å². The van der Waals surface area contributed by atoms with Crippen molar-refractivity contribution in [1.82, 2.24) is 5.32 Å². The van der Waals surface area contributed by atoms with Crippen molar-refractivity contribution in [2.45, 2.75) is 19.6 Å². The van der Waals surface area contributed by atoms with Crippen LogP contribution in [0, 0.1) is 0 Å². The Hall–Kier alpha value is -2.11. The fraction of sp³-hybridized carbons (Fsp3) is 0.167. The zero-order valence-corrected chi connectivity index (χ0v) is 14.3. The van der Waals surface area contributed by atoms with Crippen LogP contribution >= 0.6 is 22.7 Å². The van der Waals surface area contributed by atoms with E-state index in [0.717, 1.165) is 4.88 Å². The molecule has 3 nitrogen and oxygen atoms in total. The molecule has 1 amide bonds. The number of thiophene rings is 2. The van der Waals surface area contributed by atoms with Crippen molar-refractivity contribution in [3.8, 4) is 16.9 Å². The summed E-state index contributed by atoms with van der Waals surface area (Å²) >= 11 is 3.34. The number of carbonyl (C=O) groups is 1. The molecule has 5 heteroatoms. The van der Waals surface area contributed by atoms with Gasteiger partial charge in [0.25, 0.3) is 5.91 Å². The van der Waals surface area contributed by atoms with Gasteiger partial charge in [0, 0.05) is 4.88 Å². The van der Waals surface area contributed by atoms with Crippen LogP contribution in [0.2, 0.25) is 0 Å². The number of carbonyl (C=O) groups excluding carboxylic acids is 1. The molecule has 23 heavy (non-hydrogen) atoms. The number of rotatable bonds is 6. The highest BCUT2D eigenvalue weighted by Gasteiger charge is 2.14. The van der Waals surface area contributed by atoms with Gasteiger partial charge in [-0.3, -0.25) is 4.79 Å². The van der Waals surface area contributed by atoms with E-state index in [0.29, 0.717) is 12.3 Å². The summed E-state index contributed by atoms with van der Waals surface area (Å²) in [6, 6.07) is 13.6. The van der Waals surface area contributed by atoms with Crippen LogP contribution in [0.3, 0.4) is 0 Å². The predicted molar refractivity (Wildman–Crippen MR) is 96.0 cm³/mol. The first kappa shape index (κ1) is 15.8. The Morgan fingerprint density at radius 3 is 2.74 bits per heavy atom. The molecule has 3 rings (SSSR count). The van der Waals surface area contributed by atoms with Gasteiger partial charge < -0.3 is 10.1 Å². The molecule has 1 atom stereocenters. The molecule has 0 aliphatic heterocycles. The van der Waals surface area contributed by atoms with Crippen molar-refractivity contribution >= 4 is 28.6 Å². The van der Waals surface area contributed by atoms with Gasteiger partial charge in [-0.25, -0.2) is 0 Å². The molecule has 1 unspecified atom stereocenters. The molecule has 2 heterocycles. The van der Waals surface area contributed by atoms with Crippen LogP contribution in [0.5, 0.6) is 5.75 Å². The second-order valence-electron chi connectivity index (χ2n) is 5.10. The van der Waals surface area contributed by atoms with Gasteiger partial charge in [-0.05, 0) is 58.5 Å². The Balaban J connectivity index is 1.52. The zero-order valence-electron chi connectivity index (χ0n) is 12.7. The minimum Gasteiger partial charge on any atom is -0.481 e. The van der Waals surface area contributed by atoms with Gasteiger partial charge in [0.15, 0.2) is 6.10 Å². The number of benzene rings is 1. The molecule has 0 saturated carbocycles. The van der Waals surface area contributed by atoms with E-state index < -0.39 is 6.10 Å². The van der Waals surface area contributed by atoms with Crippen molar-refractivity contribution < 1.29 is 9.53 Å². The summed E-state index contributed by atoms with van der Waals surface area (Å²) in [7, 11) is 0. The van der Waals surface area contributed by atoms with E-state index in [1.165, 1.54) is 11.1 Å². The Morgan fingerprint density at radius 2 is 2.00 bits per heavy atom. The lowest BCUT2D eigenvalue weighted by atomic mass is 10.2. The lowest BCUT2D eigenvalue weighted by Crippen LogP contribution is -2.35. The first-order valence-corrected chi connectivity index (χ1v) is 9.14. The van der Waals surface area contributed by atoms with E-state index >= 15 is 0 Å². The molecule has 118 valence electrons. The van der Waals surface area contributed by atoms with Crippen LogP contribution in [-0.2, 0) is 11.3 Å². The maximum atomic E-state index is 12.1. The number of para-hydroxylation sites is 1. The number of nitrogens with one attached hydrogen (secondary N) is 1. The van der Waals surface area contributed by atoms with Gasteiger partial charge in [0.1, 0.15) is 5.75 Å². The van der Waals surface area contributed by atoms with Crippen molar-refractivity contribution in [1.29, 1.82) is 0 Å². The molecule has 0 saturated heterocycles. The molecule has 1 aromatic carbocycles. The highest BCUT2D eigenvalue weighted by Crippen LogP contribution is 2.27. The van der Waals surface area contributed by atoms with Gasteiger partial charge in [0.05, 0.1) is 6.54 Å². The van der Waals surface area contributed by atoms with Crippen LogP contribution < -0.4 is 10.1 Å². The summed E-state index contributed by atoms with van der Waals surface area (Å²) in [4.78, 5) is 13.3. The smallest absolute Gasteiger partial charge is 0.261 e. The van der Waals surface area contributed by atoms with Gasteiger partial charge in [-0.2, -0.15) is 11.3 Å². The normalized spacial score (nSPS) is 11.9. The lowest BCUT2D eigenvalue weighted by molar-refractivity contribution is -0.127. The maximum absolute atomic E-state index is 12.1. The maximum Gasteiger partial charge on any atom is 0.261 e. The van der Waals surface area contributed by atoms with Gasteiger partial charge >= 0.3 is 0 Å². The predicted octanol–water partition coefficient (Wildman–Crippen LogP) is 4.56. The molecule has 0 spiro atoms. The topological polar surface area (TPSA) is 38.3 Å². The first-order chi connectivity index (χ1) is 11.2. The quantitative estimate of drug-likeness (QED) is 0.712. The average Bonchev–Trinajstić information content (AvgIpc) is 3.24. The van der Waals surface area contributed by atoms with Gasteiger partial charge in [0.2, 0.25) is 0 Å². The highest BCUT2D eigenvalue weighted by atomic mass is 32.1. The average molecular weight is 343 g/mol. The minimum absolute atomic E-state index is 0.112. The van der Waals surface area contributed by atoms with E-state index in [1.807, 2.05) is 30.3 Å². The monoisotopic (exact) mass is 343 g/mol. The fourth-order valence-electron chi connectivity index (χ4n) is 2.13. The Labute approximate surface area is 143 Å². The second-order valence-corrected chi connectivity index (χ2v) is 6.88. The molecular formula is C18H17NO2S2. The van der Waals surface area contributed by atoms with Crippen LogP contribution in [0.4, 0.5) is 0 Å². The number of ether oxygens (including phenoxy) is 1. The summed E-state index contributed by atoms with van der Waals surface area (Å²) in [5.74, 6) is 0.588. The Bertz CT molecular complexity index is 750. The van der Waals surface area contributed by atoms with Crippen LogP contribution in [0.15, 0.2) is 58.6 Å². The van der Waals surface area contributed by atoms with Crippen molar-refractivity contribution in [2.75, 3.05) is 0 Å². The largest absolute Gasteiger partial charge is 0.481 e. The first-order valence-electron chi connectivity index (χ1n) is 7.32. The third-order valence-corrected chi connectivity index (χ3v) is 4.99. The summed E-state index contributed by atoms with van der Waals surface area (Å²) in [5, 5.41) is 9.24. The van der Waals surface area contributed by atoms with E-state index in [9.17, 15) is 4.79 Å². The molecule has 0 aliphatic rings. The SMILES string of the molecule is CC(Oc1ccccc1)C(=O)NCc1cc(-c2ccsc2)cs1. The zero-order chi connectivity index (χ0) is 16.1. The Kier molecular flexibility index (Phi) is 5.10. The summed E-state index contributed by atoms with van der Waals surface area (Å²) in [5.41, 5.74) is 2.43. The number of hydrogen-bond acceptors (Lipinski definition) is 4. The molecule has 0 fully saturated rings. The third-order valence-electron chi connectivity index (χ3n) is 3.37. The van der Waals surface area contributed by atoms with Crippen molar-refractivity contribution in [3.05, 3.63) is 63.5 Å². The summed E-state index contributed by atoms with van der Waals surface area (Å²) < 4.78 is 5.62. The molecule has 3 aromatic rings. The third kappa shape index (κ3) is 4.21. The van der Waals surface area contributed by atoms with E-state index in [1.54, 1.807) is 29.6 Å². The standard InChI is InChI=1S/C18H17NO2S2/c1-13(21-16-5-3-2-4-6-16)18(20)19-10-17-9-15(12-23-17)14-7-8-22-11-14/h2-9,11-13H,10H2,1H3,(H,19,20). The summed E-state index contributed by atoms with van der Waals surface area (Å²) in [6.45, 7) is 2.28. The summed E-state index contributed by atoms with van der Waals surface area (Å²) in [6.07, 6.45) is -0.520.